The monoisotopic (exact) mass is 247 g/mol. The van der Waals surface area contributed by atoms with Crippen molar-refractivity contribution in [2.75, 3.05) is 18.5 Å². The average molecular weight is 247 g/mol. The molecule has 0 spiro atoms. The van der Waals surface area contributed by atoms with Crippen molar-refractivity contribution >= 4 is 11.6 Å². The Labute approximate surface area is 108 Å². The van der Waals surface area contributed by atoms with Crippen molar-refractivity contribution < 1.29 is 4.74 Å². The van der Waals surface area contributed by atoms with Gasteiger partial charge in [-0.15, -0.1) is 0 Å². The highest BCUT2D eigenvalue weighted by atomic mass is 16.5. The molecule has 0 amide bonds. The molecule has 0 bridgehead atoms. The Kier molecular flexibility index (Phi) is 4.59. The Hall–Kier alpha value is -1.55. The van der Waals surface area contributed by atoms with Crippen LogP contribution in [0, 0.1) is 6.92 Å². The van der Waals surface area contributed by atoms with E-state index in [1.165, 1.54) is 6.42 Å². The van der Waals surface area contributed by atoms with E-state index in [0.29, 0.717) is 12.1 Å². The normalized spacial score (nSPS) is 20.1. The zero-order chi connectivity index (χ0) is 12.8. The molecule has 2 rings (SSSR count). The Morgan fingerprint density at radius 3 is 3.06 bits per heavy atom. The third kappa shape index (κ3) is 3.74. The molecule has 0 saturated carbocycles. The molecular formula is C14H21N3O. The number of benzene rings is 1. The number of rotatable bonds is 4. The lowest BCUT2D eigenvalue weighted by Gasteiger charge is -2.09. The van der Waals surface area contributed by atoms with Crippen LogP contribution in [0.15, 0.2) is 29.3 Å². The predicted octanol–water partition coefficient (Wildman–Crippen LogP) is 2.29. The number of nitrogens with one attached hydrogen (secondary N) is 1. The number of nitrogens with zero attached hydrogens (tertiary/aromatic N) is 1. The highest BCUT2D eigenvalue weighted by Gasteiger charge is 2.14. The molecule has 1 aliphatic heterocycles. The van der Waals surface area contributed by atoms with Gasteiger partial charge in [0.1, 0.15) is 0 Å². The summed E-state index contributed by atoms with van der Waals surface area (Å²) >= 11 is 0. The Morgan fingerprint density at radius 1 is 1.50 bits per heavy atom. The third-order valence-corrected chi connectivity index (χ3v) is 3.17. The summed E-state index contributed by atoms with van der Waals surface area (Å²) in [4.78, 5) is 4.33. The van der Waals surface area contributed by atoms with Gasteiger partial charge in [-0.3, -0.25) is 4.99 Å². The molecule has 1 aromatic rings. The SMILES string of the molecule is Cc1ccccc1NC(N)=NCC[C@@H]1CCCO1. The van der Waals surface area contributed by atoms with Gasteiger partial charge >= 0.3 is 0 Å². The van der Waals surface area contributed by atoms with Crippen LogP contribution < -0.4 is 11.1 Å². The predicted molar refractivity (Wildman–Crippen MR) is 74.9 cm³/mol. The molecule has 1 aliphatic rings. The van der Waals surface area contributed by atoms with Gasteiger partial charge in [-0.2, -0.15) is 0 Å². The molecule has 4 heteroatoms. The van der Waals surface area contributed by atoms with Crippen molar-refractivity contribution in [1.82, 2.24) is 0 Å². The van der Waals surface area contributed by atoms with Crippen LogP contribution in [0.4, 0.5) is 5.69 Å². The Bertz CT molecular complexity index is 411. The summed E-state index contributed by atoms with van der Waals surface area (Å²) in [7, 11) is 0. The first-order chi connectivity index (χ1) is 8.75. The highest BCUT2D eigenvalue weighted by molar-refractivity contribution is 5.92. The number of anilines is 1. The molecule has 4 nitrogen and oxygen atoms in total. The second-order valence-electron chi connectivity index (χ2n) is 4.63. The van der Waals surface area contributed by atoms with Gasteiger partial charge in [0.05, 0.1) is 6.10 Å². The minimum atomic E-state index is 0.375. The van der Waals surface area contributed by atoms with Crippen LogP contribution in [0.3, 0.4) is 0 Å². The summed E-state index contributed by atoms with van der Waals surface area (Å²) in [6.45, 7) is 3.66. The molecule has 98 valence electrons. The first-order valence-electron chi connectivity index (χ1n) is 6.50. The standard InChI is InChI=1S/C14H21N3O/c1-11-5-2-3-7-13(11)17-14(15)16-9-8-12-6-4-10-18-12/h2-3,5,7,12H,4,6,8-10H2,1H3,(H3,15,16,17)/t12-/m0/s1. The lowest BCUT2D eigenvalue weighted by Crippen LogP contribution is -2.23. The number of ether oxygens (including phenoxy) is 1. The second kappa shape index (κ2) is 6.40. The molecule has 1 saturated heterocycles. The maximum absolute atomic E-state index is 5.86. The van der Waals surface area contributed by atoms with Crippen LogP contribution in [-0.2, 0) is 4.74 Å². The topological polar surface area (TPSA) is 59.6 Å². The maximum Gasteiger partial charge on any atom is 0.193 e. The molecule has 0 aromatic heterocycles. The van der Waals surface area contributed by atoms with E-state index in [0.717, 1.165) is 37.2 Å². The molecule has 18 heavy (non-hydrogen) atoms. The minimum Gasteiger partial charge on any atom is -0.378 e. The molecule has 1 fully saturated rings. The van der Waals surface area contributed by atoms with Crippen molar-refractivity contribution in [3.05, 3.63) is 29.8 Å². The summed E-state index contributed by atoms with van der Waals surface area (Å²) in [6, 6.07) is 8.03. The van der Waals surface area contributed by atoms with Crippen LogP contribution in [-0.4, -0.2) is 25.2 Å². The van der Waals surface area contributed by atoms with Gasteiger partial charge in [0.25, 0.3) is 0 Å². The first-order valence-corrected chi connectivity index (χ1v) is 6.50. The molecule has 3 N–H and O–H groups in total. The molecular weight excluding hydrogens is 226 g/mol. The number of nitrogens with two attached hydrogens (primary N) is 1. The number of guanidine groups is 1. The molecule has 0 aliphatic carbocycles. The molecule has 0 unspecified atom stereocenters. The smallest absolute Gasteiger partial charge is 0.193 e. The number of aryl methyl sites for hydroxylation is 1. The summed E-state index contributed by atoms with van der Waals surface area (Å²) in [5.41, 5.74) is 8.03. The highest BCUT2D eigenvalue weighted by Crippen LogP contribution is 2.15. The largest absolute Gasteiger partial charge is 0.378 e. The summed E-state index contributed by atoms with van der Waals surface area (Å²) in [6.07, 6.45) is 3.65. The van der Waals surface area contributed by atoms with Crippen LogP contribution in [0.2, 0.25) is 0 Å². The van der Waals surface area contributed by atoms with Gasteiger partial charge in [0.15, 0.2) is 5.96 Å². The lowest BCUT2D eigenvalue weighted by molar-refractivity contribution is 0.106. The van der Waals surface area contributed by atoms with Gasteiger partial charge in [-0.1, -0.05) is 18.2 Å². The molecule has 1 aromatic carbocycles. The fourth-order valence-corrected chi connectivity index (χ4v) is 2.09. The average Bonchev–Trinajstić information content (AvgIpc) is 2.85. The maximum atomic E-state index is 5.86. The van der Waals surface area contributed by atoms with E-state index >= 15 is 0 Å². The van der Waals surface area contributed by atoms with Crippen LogP contribution in [0.25, 0.3) is 0 Å². The number of aliphatic imine (C=N–C) groups is 1. The van der Waals surface area contributed by atoms with Crippen molar-refractivity contribution in [2.45, 2.75) is 32.3 Å². The summed E-state index contributed by atoms with van der Waals surface area (Å²) in [5, 5.41) is 3.12. The van der Waals surface area contributed by atoms with Crippen LogP contribution in [0.5, 0.6) is 0 Å². The van der Waals surface area contributed by atoms with Crippen LogP contribution >= 0.6 is 0 Å². The van der Waals surface area contributed by atoms with E-state index in [2.05, 4.69) is 10.3 Å². The van der Waals surface area contributed by atoms with Crippen molar-refractivity contribution in [2.24, 2.45) is 10.7 Å². The van der Waals surface area contributed by atoms with E-state index in [-0.39, 0.29) is 0 Å². The summed E-state index contributed by atoms with van der Waals surface area (Å²) in [5.74, 6) is 0.474. The number of hydrogen-bond acceptors (Lipinski definition) is 2. The third-order valence-electron chi connectivity index (χ3n) is 3.17. The van der Waals surface area contributed by atoms with E-state index in [1.807, 2.05) is 31.2 Å². The fraction of sp³-hybridized carbons (Fsp3) is 0.500. The quantitative estimate of drug-likeness (QED) is 0.634. The fourth-order valence-electron chi connectivity index (χ4n) is 2.09. The Morgan fingerprint density at radius 2 is 2.33 bits per heavy atom. The number of hydrogen-bond donors (Lipinski definition) is 2. The van der Waals surface area contributed by atoms with E-state index in [4.69, 9.17) is 10.5 Å². The molecule has 1 atom stereocenters. The van der Waals surface area contributed by atoms with E-state index < -0.39 is 0 Å². The van der Waals surface area contributed by atoms with Gasteiger partial charge in [0.2, 0.25) is 0 Å². The first kappa shape index (κ1) is 12.9. The van der Waals surface area contributed by atoms with E-state index in [9.17, 15) is 0 Å². The van der Waals surface area contributed by atoms with Gasteiger partial charge in [0, 0.05) is 18.8 Å². The summed E-state index contributed by atoms with van der Waals surface area (Å²) < 4.78 is 5.54. The zero-order valence-electron chi connectivity index (χ0n) is 10.9. The van der Waals surface area contributed by atoms with Gasteiger partial charge < -0.3 is 15.8 Å². The minimum absolute atomic E-state index is 0.375. The lowest BCUT2D eigenvalue weighted by atomic mass is 10.2. The Balaban J connectivity index is 1.80. The van der Waals surface area contributed by atoms with Gasteiger partial charge in [-0.25, -0.2) is 0 Å². The van der Waals surface area contributed by atoms with Crippen molar-refractivity contribution in [1.29, 1.82) is 0 Å². The second-order valence-corrected chi connectivity index (χ2v) is 4.63. The van der Waals surface area contributed by atoms with Crippen LogP contribution in [0.1, 0.15) is 24.8 Å². The van der Waals surface area contributed by atoms with E-state index in [1.54, 1.807) is 0 Å². The zero-order valence-corrected chi connectivity index (χ0v) is 10.9. The molecule has 1 heterocycles. The number of para-hydroxylation sites is 1. The van der Waals surface area contributed by atoms with Crippen molar-refractivity contribution in [3.63, 3.8) is 0 Å². The van der Waals surface area contributed by atoms with Crippen molar-refractivity contribution in [3.8, 4) is 0 Å². The van der Waals surface area contributed by atoms with Gasteiger partial charge in [-0.05, 0) is 37.8 Å². The molecule has 0 radical (unpaired) electrons.